The highest BCUT2D eigenvalue weighted by atomic mass is 32.1. The van der Waals surface area contributed by atoms with E-state index in [1.54, 1.807) is 149 Å². The molecule has 0 aliphatic heterocycles. The third kappa shape index (κ3) is 28.4. The fourth-order valence-corrected chi connectivity index (χ4v) is 16.5. The molecule has 45 nitrogen and oxygen atoms in total. The third-order valence-electron chi connectivity index (χ3n) is 20.0. The summed E-state index contributed by atoms with van der Waals surface area (Å²) in [6.07, 6.45) is 11.7. The Balaban J connectivity index is 0.000000139. The summed E-state index contributed by atoms with van der Waals surface area (Å²) < 4.78 is 52.1. The molecule has 0 unspecified atom stereocenters. The number of hydrogen-bond acceptors (Lipinski definition) is 38. The number of aromatic amines is 2. The molecule has 5 amide bonds. The molecular weight excluding hydrogens is 1890 g/mol. The van der Waals surface area contributed by atoms with E-state index in [2.05, 4.69) is 102 Å². The minimum Gasteiger partial charge on any atom is -0.462 e. The number of anilines is 5. The molecule has 18 aromatic rings. The molecule has 0 aliphatic carbocycles. The topological polar surface area (TPSA) is 615 Å². The van der Waals surface area contributed by atoms with Gasteiger partial charge in [-0.25, -0.2) is 29.5 Å². The quantitative estimate of drug-likeness (QED) is 0.0158. The van der Waals surface area contributed by atoms with E-state index in [-0.39, 0.29) is 40.9 Å². The molecule has 0 radical (unpaired) electrons. The third-order valence-corrected chi connectivity index (χ3v) is 23.8. The van der Waals surface area contributed by atoms with Crippen LogP contribution >= 0.6 is 56.7 Å². The van der Waals surface area contributed by atoms with Crippen molar-refractivity contribution >= 4 is 167 Å². The minimum atomic E-state index is -0.358. The summed E-state index contributed by atoms with van der Waals surface area (Å²) in [7, 11) is 0. The largest absolute Gasteiger partial charge is 0.462 e. The number of benzene rings is 5. The maximum Gasteiger partial charge on any atom is 0.326 e. The van der Waals surface area contributed by atoms with Crippen molar-refractivity contribution in [2.24, 2.45) is 28.7 Å². The smallest absolute Gasteiger partial charge is 0.326 e. The number of aromatic nitrogens is 20. The number of carbonyl (C=O) groups excluding carboxylic acids is 5. The van der Waals surface area contributed by atoms with Crippen LogP contribution in [0.3, 0.4) is 0 Å². The number of imidazole rings is 5. The number of hydrogen-bond donors (Lipinski definition) is 12. The molecule has 0 atom stereocenters. The van der Waals surface area contributed by atoms with Gasteiger partial charge in [0, 0.05) is 85.2 Å². The first-order valence-corrected chi connectivity index (χ1v) is 47.7. The molecular formula is C89H98N30O15S5. The molecule has 724 valence electrons. The highest BCUT2D eigenvalue weighted by Gasteiger charge is 2.21. The number of nitrogens with zero attached hydrogens (tertiary/aromatic N) is 18. The van der Waals surface area contributed by atoms with Gasteiger partial charge in [-0.3, -0.25) is 64.7 Å². The van der Waals surface area contributed by atoms with Crippen LogP contribution in [0.25, 0.3) is 88.1 Å². The van der Waals surface area contributed by atoms with E-state index < -0.39 is 0 Å². The summed E-state index contributed by atoms with van der Waals surface area (Å²) in [5.74, 6) is -0.211. The molecule has 0 aliphatic rings. The highest BCUT2D eigenvalue weighted by molar-refractivity contribution is 7.19. The summed E-state index contributed by atoms with van der Waals surface area (Å²) in [6, 6.07) is 39.0. The number of ether oxygens (including phenoxy) is 6. The van der Waals surface area contributed by atoms with Gasteiger partial charge in [-0.2, -0.15) is 0 Å². The zero-order chi connectivity index (χ0) is 97.0. The first-order chi connectivity index (χ1) is 68.0. The van der Waals surface area contributed by atoms with E-state index in [1.165, 1.54) is 56.7 Å². The van der Waals surface area contributed by atoms with Crippen molar-refractivity contribution in [1.29, 1.82) is 0 Å². The number of pyridine rings is 1. The standard InChI is InChI=1S/C20H22N6O5S.C19H18N6OS.C17H16N6O3S.C17H22N6O3S.C16H20N6O3S/c21-5-8-29-10-11-30-9-6-26-15-4-3-13(12-14(15)22-20(26)28)17(27)23-19-25-24-18(32-19)16-2-1-7-31-16;20-7-3-9-25-12-22-15-10-13(5-6-17(15)25)18(26)24-19-23-16(11-27-19)14-4-1-2-8-21-14;18-6-2-7-23-12-5-4-10(9-11(12)19-17(23)25)14(24)20-16-22-21-15(27-16)13-3-1-8-26-13;1-12-21-22-17(27-12)20-16(24)13-2-3-15-14(10-13)19-11-23(15)5-7-26-9-8-25-6-4-18;17-3-5-24-7-8-25-6-4-22-10-18-13-9-12(1-2-14(13)22)15(23)20-16-21-19-11-26-16/h1-4,7,12H,5-6,8-11,21H2,(H,22,28)(H,23,25,27);1-2,4-6,8,10-12H,3,7,9,20H2,(H,23,24,26);1,3-5,8-9H,2,6-7,18H2,(H,19,25)(H,20,22,24);2-3,10-11H,4-9,18H2,1H3,(H,20,22,24);1-2,9-11H,3-8,17H2,(H,20,21,23). The predicted octanol–water partition coefficient (Wildman–Crippen LogP) is 9.46. The normalized spacial score (nSPS) is 11.2. The van der Waals surface area contributed by atoms with Gasteiger partial charge >= 0.3 is 11.4 Å². The maximum absolute atomic E-state index is 12.6. The van der Waals surface area contributed by atoms with Crippen LogP contribution in [0.15, 0.2) is 200 Å². The van der Waals surface area contributed by atoms with Crippen molar-refractivity contribution in [3.63, 3.8) is 0 Å². The van der Waals surface area contributed by atoms with Crippen LogP contribution in [-0.2, 0) is 61.1 Å². The van der Waals surface area contributed by atoms with Gasteiger partial charge < -0.3 is 89.6 Å². The second-order valence-corrected chi connectivity index (χ2v) is 34.4. The Bertz CT molecular complexity index is 7100. The Morgan fingerprint density at radius 2 is 0.791 bits per heavy atom. The highest BCUT2D eigenvalue weighted by Crippen LogP contribution is 2.31. The number of amides is 5. The van der Waals surface area contributed by atoms with Gasteiger partial charge in [0.25, 0.3) is 29.5 Å². The predicted molar refractivity (Wildman–Crippen MR) is 529 cm³/mol. The van der Waals surface area contributed by atoms with Crippen molar-refractivity contribution in [3.8, 4) is 32.9 Å². The van der Waals surface area contributed by atoms with Crippen molar-refractivity contribution in [2.75, 3.05) is 139 Å². The number of furan rings is 2. The molecule has 50 heteroatoms. The van der Waals surface area contributed by atoms with Crippen LogP contribution < -0.4 is 66.6 Å². The first-order valence-electron chi connectivity index (χ1n) is 43.5. The number of aryl methyl sites for hydroxylation is 3. The molecule has 13 aromatic heterocycles. The Labute approximate surface area is 810 Å². The van der Waals surface area contributed by atoms with Crippen LogP contribution in [0.4, 0.5) is 25.7 Å². The molecule has 0 saturated carbocycles. The summed E-state index contributed by atoms with van der Waals surface area (Å²) >= 11 is 6.38. The van der Waals surface area contributed by atoms with Gasteiger partial charge in [-0.15, -0.1) is 52.1 Å². The maximum atomic E-state index is 12.6. The minimum absolute atomic E-state index is 0.213. The van der Waals surface area contributed by atoms with Crippen LogP contribution in [0.5, 0.6) is 0 Å². The zero-order valence-electron chi connectivity index (χ0n) is 74.9. The van der Waals surface area contributed by atoms with Crippen LogP contribution in [0.2, 0.25) is 0 Å². The summed E-state index contributed by atoms with van der Waals surface area (Å²) in [5, 5.41) is 50.9. The van der Waals surface area contributed by atoms with Gasteiger partial charge in [-0.1, -0.05) is 51.4 Å². The van der Waals surface area contributed by atoms with Crippen LogP contribution in [0.1, 0.15) is 69.6 Å². The Hall–Kier alpha value is -14.5. The number of nitrogens with one attached hydrogen (secondary N) is 7. The lowest BCUT2D eigenvalue weighted by Crippen LogP contribution is -2.20. The molecule has 17 N–H and O–H groups in total. The van der Waals surface area contributed by atoms with Gasteiger partial charge in [0.1, 0.15) is 16.2 Å². The molecule has 0 bridgehead atoms. The molecule has 139 heavy (non-hydrogen) atoms. The number of fused-ring (bicyclic) bond motifs is 5. The molecule has 0 saturated heterocycles. The van der Waals surface area contributed by atoms with Crippen LogP contribution in [0, 0.1) is 6.92 Å². The molecule has 0 spiro atoms. The fourth-order valence-electron chi connectivity index (χ4n) is 13.3. The average Bonchev–Trinajstić information content (AvgIpc) is 1.65. The molecule has 13 heterocycles. The Morgan fingerprint density at radius 3 is 1.21 bits per heavy atom. The second kappa shape index (κ2) is 51.6. The second-order valence-electron chi connectivity index (χ2n) is 29.5. The van der Waals surface area contributed by atoms with E-state index in [0.29, 0.717) is 236 Å². The van der Waals surface area contributed by atoms with Crippen molar-refractivity contribution < 1.29 is 61.2 Å². The van der Waals surface area contributed by atoms with E-state index in [1.807, 2.05) is 62.4 Å². The number of nitrogens with two attached hydrogens (primary N) is 5. The number of thiazole rings is 1. The molecule has 0 fully saturated rings. The summed E-state index contributed by atoms with van der Waals surface area (Å²) in [6.45, 7) is 13.6. The summed E-state index contributed by atoms with van der Waals surface area (Å²) in [5.41, 5.74) is 39.8. The Kier molecular flexibility index (Phi) is 37.3. The monoisotopic (exact) mass is 1990 g/mol. The Morgan fingerprint density at radius 1 is 0.381 bits per heavy atom. The van der Waals surface area contributed by atoms with Gasteiger partial charge in [-0.05, 0) is 160 Å². The van der Waals surface area contributed by atoms with Gasteiger partial charge in [0.15, 0.2) is 26.7 Å². The van der Waals surface area contributed by atoms with Crippen molar-refractivity contribution in [2.45, 2.75) is 52.5 Å². The van der Waals surface area contributed by atoms with Crippen molar-refractivity contribution in [1.82, 2.24) is 98.5 Å². The number of carbonyl (C=O) groups is 5. The van der Waals surface area contributed by atoms with E-state index >= 15 is 0 Å². The van der Waals surface area contributed by atoms with Crippen molar-refractivity contribution in [3.05, 3.63) is 236 Å². The van der Waals surface area contributed by atoms with Gasteiger partial charge in [0.05, 0.1) is 178 Å². The fraction of sp³-hybridized carbons (Fsp3) is 0.281. The zero-order valence-corrected chi connectivity index (χ0v) is 79.0. The van der Waals surface area contributed by atoms with Crippen LogP contribution in [-0.4, -0.2) is 240 Å². The first kappa shape index (κ1) is 100. The number of rotatable bonds is 43. The number of H-pyrrole nitrogens is 2. The lowest BCUT2D eigenvalue weighted by molar-refractivity contribution is 0.0477. The average molecular weight is 1990 g/mol. The summed E-state index contributed by atoms with van der Waals surface area (Å²) in [4.78, 5) is 114. The molecule has 5 aromatic carbocycles. The SMILES string of the molecule is Cc1nnc(NC(=O)c2ccc3c(c2)ncn3CCOCCOCCN)s1.NCCCn1c(=O)[nH]c2cc(C(=O)Nc3nnc(-c4ccco4)s3)ccc21.NCCCn1cnc2cc(C(=O)Nc3nc(-c4ccccn4)cs3)ccc21.NCCOCCOCCn1c(=O)[nH]c2cc(C(=O)Nc3nnc(-c4ccco4)s3)ccc21.NCCOCCOCCn1cnc2cc(C(=O)Nc3nncs3)ccc21. The van der Waals surface area contributed by atoms with E-state index in [4.69, 9.17) is 65.9 Å². The van der Waals surface area contributed by atoms with E-state index in [9.17, 15) is 33.6 Å². The lowest BCUT2D eigenvalue weighted by Gasteiger charge is -2.07. The molecule has 18 rings (SSSR count). The van der Waals surface area contributed by atoms with E-state index in [0.717, 1.165) is 68.0 Å². The van der Waals surface area contributed by atoms with Gasteiger partial charge in [0.2, 0.25) is 20.5 Å². The lowest BCUT2D eigenvalue weighted by atomic mass is 10.2.